The van der Waals surface area contributed by atoms with E-state index in [4.69, 9.17) is 16.6 Å². The van der Waals surface area contributed by atoms with E-state index in [0.717, 1.165) is 18.7 Å². The minimum absolute atomic E-state index is 0.288. The number of aliphatic carboxylic acids is 1. The number of fused-ring (bicyclic) bond motifs is 1. The number of nitrogens with one attached hydrogen (secondary N) is 1. The Hall–Kier alpha value is -3.52. The topological polar surface area (TPSA) is 95.0 Å². The molecule has 5 rings (SSSR count). The van der Waals surface area contributed by atoms with Gasteiger partial charge in [-0.1, -0.05) is 11.6 Å². The predicted molar refractivity (Wildman–Crippen MR) is 120 cm³/mol. The van der Waals surface area contributed by atoms with E-state index in [-0.39, 0.29) is 11.5 Å². The lowest BCUT2D eigenvalue weighted by molar-refractivity contribution is -0.141. The second kappa shape index (κ2) is 8.20. The number of rotatable bonds is 4. The number of imidazole rings is 1. The Morgan fingerprint density at radius 2 is 2.06 bits per heavy atom. The maximum Gasteiger partial charge on any atom is 0.308 e. The summed E-state index contributed by atoms with van der Waals surface area (Å²) in [4.78, 5) is 30.0. The van der Waals surface area contributed by atoms with Crippen molar-refractivity contribution in [1.82, 2.24) is 19.9 Å². The molecule has 0 radical (unpaired) electrons. The van der Waals surface area contributed by atoms with Crippen LogP contribution in [-0.4, -0.2) is 44.1 Å². The van der Waals surface area contributed by atoms with E-state index in [1.807, 2.05) is 17.0 Å². The van der Waals surface area contributed by atoms with Crippen LogP contribution in [0.5, 0.6) is 0 Å². The zero-order chi connectivity index (χ0) is 22.2. The molecular weight excluding hydrogens is 433 g/mol. The van der Waals surface area contributed by atoms with E-state index < -0.39 is 11.8 Å². The standard InChI is InChI=1S/C23H19ClFN5O2/c24-14-3-4-17(25)16(8-14)21-22(28-12-27-21)19-6-5-18-20(29-19)9-15(10-26-18)30-7-1-2-13(11-30)23(31)32/h3-6,8-10,12-13H,1-2,7,11H2,(H,27,28)(H,31,32)/t13-/m1/s1. The lowest BCUT2D eigenvalue weighted by Crippen LogP contribution is -2.38. The Morgan fingerprint density at radius 3 is 2.91 bits per heavy atom. The molecule has 0 spiro atoms. The van der Waals surface area contributed by atoms with Gasteiger partial charge < -0.3 is 15.0 Å². The number of hydrogen-bond acceptors (Lipinski definition) is 5. The number of anilines is 1. The molecule has 1 aliphatic heterocycles. The molecule has 1 aromatic carbocycles. The Morgan fingerprint density at radius 1 is 1.19 bits per heavy atom. The van der Waals surface area contributed by atoms with Gasteiger partial charge >= 0.3 is 5.97 Å². The Bertz CT molecular complexity index is 1320. The van der Waals surface area contributed by atoms with Crippen LogP contribution >= 0.6 is 11.6 Å². The molecule has 1 aliphatic rings. The van der Waals surface area contributed by atoms with Gasteiger partial charge in [-0.05, 0) is 49.2 Å². The summed E-state index contributed by atoms with van der Waals surface area (Å²) in [6.45, 7) is 1.22. The Balaban J connectivity index is 1.53. The highest BCUT2D eigenvalue weighted by Crippen LogP contribution is 2.33. The molecule has 0 aliphatic carbocycles. The van der Waals surface area contributed by atoms with Gasteiger partial charge in [-0.2, -0.15) is 0 Å². The second-order valence-electron chi connectivity index (χ2n) is 7.80. The first-order chi connectivity index (χ1) is 15.5. The molecule has 1 saturated heterocycles. The highest BCUT2D eigenvalue weighted by atomic mass is 35.5. The number of carboxylic acid groups (broad SMARTS) is 1. The van der Waals surface area contributed by atoms with Gasteiger partial charge in [0.25, 0.3) is 0 Å². The summed E-state index contributed by atoms with van der Waals surface area (Å²) in [5.41, 5.74) is 4.06. The molecule has 0 saturated carbocycles. The first kappa shape index (κ1) is 20.4. The third-order valence-electron chi connectivity index (χ3n) is 5.74. The van der Waals surface area contributed by atoms with Crippen molar-refractivity contribution in [2.45, 2.75) is 12.8 Å². The van der Waals surface area contributed by atoms with Gasteiger partial charge in [-0.25, -0.2) is 14.4 Å². The third-order valence-corrected chi connectivity index (χ3v) is 5.97. The lowest BCUT2D eigenvalue weighted by Gasteiger charge is -2.32. The quantitative estimate of drug-likeness (QED) is 0.463. The molecule has 1 atom stereocenters. The van der Waals surface area contributed by atoms with Crippen molar-refractivity contribution in [1.29, 1.82) is 0 Å². The van der Waals surface area contributed by atoms with Crippen LogP contribution in [0, 0.1) is 11.7 Å². The van der Waals surface area contributed by atoms with Crippen molar-refractivity contribution >= 4 is 34.3 Å². The van der Waals surface area contributed by atoms with Crippen LogP contribution in [0.4, 0.5) is 10.1 Å². The van der Waals surface area contributed by atoms with Gasteiger partial charge in [0.05, 0.1) is 46.6 Å². The second-order valence-corrected chi connectivity index (χ2v) is 8.24. The van der Waals surface area contributed by atoms with E-state index >= 15 is 0 Å². The minimum atomic E-state index is -0.774. The summed E-state index contributed by atoms with van der Waals surface area (Å²) < 4.78 is 14.4. The minimum Gasteiger partial charge on any atom is -0.481 e. The molecule has 0 unspecified atom stereocenters. The number of aromatic nitrogens is 4. The average Bonchev–Trinajstić information content (AvgIpc) is 3.29. The maximum atomic E-state index is 14.4. The molecule has 7 nitrogen and oxygen atoms in total. The van der Waals surface area contributed by atoms with Crippen LogP contribution in [-0.2, 0) is 4.79 Å². The van der Waals surface area contributed by atoms with Crippen molar-refractivity contribution in [3.05, 3.63) is 59.8 Å². The molecular formula is C23H19ClFN5O2. The number of halogens is 2. The largest absolute Gasteiger partial charge is 0.481 e. The van der Waals surface area contributed by atoms with Gasteiger partial charge in [-0.15, -0.1) is 0 Å². The summed E-state index contributed by atoms with van der Waals surface area (Å²) in [7, 11) is 0. The number of benzene rings is 1. The summed E-state index contributed by atoms with van der Waals surface area (Å²) in [5.74, 6) is -1.59. The van der Waals surface area contributed by atoms with E-state index in [2.05, 4.69) is 15.0 Å². The lowest BCUT2D eigenvalue weighted by atomic mass is 9.98. The highest BCUT2D eigenvalue weighted by molar-refractivity contribution is 6.30. The molecule has 1 fully saturated rings. The van der Waals surface area contributed by atoms with E-state index in [9.17, 15) is 14.3 Å². The number of carboxylic acids is 1. The summed E-state index contributed by atoms with van der Waals surface area (Å²) >= 11 is 6.06. The van der Waals surface area contributed by atoms with Crippen LogP contribution in [0.2, 0.25) is 5.02 Å². The van der Waals surface area contributed by atoms with Crippen LogP contribution in [0.1, 0.15) is 12.8 Å². The number of piperidine rings is 1. The smallest absolute Gasteiger partial charge is 0.308 e. The zero-order valence-electron chi connectivity index (χ0n) is 16.9. The summed E-state index contributed by atoms with van der Waals surface area (Å²) in [5, 5.41) is 9.79. The molecule has 0 amide bonds. The highest BCUT2D eigenvalue weighted by Gasteiger charge is 2.26. The monoisotopic (exact) mass is 451 g/mol. The normalized spacial score (nSPS) is 16.4. The average molecular weight is 452 g/mol. The van der Waals surface area contributed by atoms with Gasteiger partial charge in [0.1, 0.15) is 11.5 Å². The number of pyridine rings is 2. The van der Waals surface area contributed by atoms with E-state index in [1.54, 1.807) is 12.3 Å². The first-order valence-corrected chi connectivity index (χ1v) is 10.6. The molecule has 3 aromatic heterocycles. The number of hydrogen-bond donors (Lipinski definition) is 2. The molecule has 2 N–H and O–H groups in total. The molecule has 4 heterocycles. The van der Waals surface area contributed by atoms with Gasteiger partial charge in [0, 0.05) is 23.7 Å². The van der Waals surface area contributed by atoms with Gasteiger partial charge in [0.2, 0.25) is 0 Å². The zero-order valence-corrected chi connectivity index (χ0v) is 17.7. The van der Waals surface area contributed by atoms with Crippen molar-refractivity contribution in [3.63, 3.8) is 0 Å². The van der Waals surface area contributed by atoms with Crippen molar-refractivity contribution in [2.24, 2.45) is 5.92 Å². The number of aromatic amines is 1. The third kappa shape index (κ3) is 3.78. The van der Waals surface area contributed by atoms with E-state index in [1.165, 1.54) is 24.5 Å². The molecule has 32 heavy (non-hydrogen) atoms. The number of H-pyrrole nitrogens is 1. The Kier molecular flexibility index (Phi) is 5.22. The fourth-order valence-corrected chi connectivity index (χ4v) is 4.27. The van der Waals surface area contributed by atoms with Crippen LogP contribution in [0.25, 0.3) is 33.7 Å². The molecule has 9 heteroatoms. The molecule has 4 aromatic rings. The van der Waals surface area contributed by atoms with Crippen LogP contribution < -0.4 is 4.90 Å². The SMILES string of the molecule is O=C(O)[C@@H]1CCCN(c2cnc3ccc(-c4[nH]cnc4-c4cc(Cl)ccc4F)nc3c2)C1. The van der Waals surface area contributed by atoms with Crippen LogP contribution in [0.15, 0.2) is 48.9 Å². The van der Waals surface area contributed by atoms with Gasteiger partial charge in [0.15, 0.2) is 0 Å². The number of nitrogens with zero attached hydrogens (tertiary/aromatic N) is 4. The van der Waals surface area contributed by atoms with Gasteiger partial charge in [-0.3, -0.25) is 9.78 Å². The fourth-order valence-electron chi connectivity index (χ4n) is 4.09. The summed E-state index contributed by atoms with van der Waals surface area (Å²) in [6, 6.07) is 9.89. The number of carbonyl (C=O) groups is 1. The van der Waals surface area contributed by atoms with Crippen LogP contribution in [0.3, 0.4) is 0 Å². The summed E-state index contributed by atoms with van der Waals surface area (Å²) in [6.07, 6.45) is 4.73. The molecule has 0 bridgehead atoms. The fraction of sp³-hybridized carbons (Fsp3) is 0.217. The predicted octanol–water partition coefficient (Wildman–Crippen LogP) is 4.78. The first-order valence-electron chi connectivity index (χ1n) is 10.2. The van der Waals surface area contributed by atoms with Crippen molar-refractivity contribution < 1.29 is 14.3 Å². The maximum absolute atomic E-state index is 14.4. The van der Waals surface area contributed by atoms with Crippen molar-refractivity contribution in [3.8, 4) is 22.6 Å². The molecule has 162 valence electrons. The van der Waals surface area contributed by atoms with E-state index in [0.29, 0.717) is 46.1 Å². The van der Waals surface area contributed by atoms with Crippen molar-refractivity contribution in [2.75, 3.05) is 18.0 Å². The Labute approximate surface area is 187 Å².